The molecule has 0 radical (unpaired) electrons. The lowest BCUT2D eigenvalue weighted by Crippen LogP contribution is -2.19. The van der Waals surface area contributed by atoms with Crippen molar-refractivity contribution in [3.05, 3.63) is 24.7 Å². The molecule has 0 amide bonds. The van der Waals surface area contributed by atoms with Gasteiger partial charge in [-0.1, -0.05) is 27.4 Å². The minimum Gasteiger partial charge on any atom is -0.400 e. The minimum atomic E-state index is 0.0390. The van der Waals surface area contributed by atoms with Crippen LogP contribution in [0.1, 0.15) is 20.8 Å². The number of nitrogens with zero attached hydrogens (tertiary/aromatic N) is 1. The molecule has 2 nitrogen and oxygen atoms in total. The summed E-state index contributed by atoms with van der Waals surface area (Å²) in [6.07, 6.45) is 3.60. The lowest BCUT2D eigenvalue weighted by atomic mass is 9.93. The van der Waals surface area contributed by atoms with Gasteiger partial charge in [0, 0.05) is 24.4 Å². The van der Waals surface area contributed by atoms with Crippen molar-refractivity contribution in [3.8, 4) is 0 Å². The van der Waals surface area contributed by atoms with E-state index in [1.54, 1.807) is 6.20 Å². The Morgan fingerprint density at radius 2 is 1.91 bits per heavy atom. The molecule has 0 atom stereocenters. The molecule has 0 rings (SSSR count). The molecular formula is C9H18N2. The second kappa shape index (κ2) is 3.46. The smallest absolute Gasteiger partial charge is 0.0300 e. The maximum absolute atomic E-state index is 5.80. The summed E-state index contributed by atoms with van der Waals surface area (Å²) in [5, 5.41) is 0. The van der Waals surface area contributed by atoms with Crippen LogP contribution in [0, 0.1) is 5.41 Å². The van der Waals surface area contributed by atoms with E-state index in [0.717, 1.165) is 5.70 Å². The SMILES string of the molecule is C=CN(C)/C=C(\N)C(C)(C)C. The van der Waals surface area contributed by atoms with Crippen molar-refractivity contribution in [2.24, 2.45) is 11.1 Å². The van der Waals surface area contributed by atoms with Crippen LogP contribution in [0.5, 0.6) is 0 Å². The summed E-state index contributed by atoms with van der Waals surface area (Å²) in [6, 6.07) is 0. The lowest BCUT2D eigenvalue weighted by Gasteiger charge is -2.20. The highest BCUT2D eigenvalue weighted by Crippen LogP contribution is 2.20. The number of allylic oxidation sites excluding steroid dienone is 1. The van der Waals surface area contributed by atoms with Gasteiger partial charge in [-0.05, 0) is 6.20 Å². The van der Waals surface area contributed by atoms with Crippen molar-refractivity contribution in [1.82, 2.24) is 4.90 Å². The highest BCUT2D eigenvalue weighted by Gasteiger charge is 2.13. The Morgan fingerprint density at radius 3 is 2.18 bits per heavy atom. The third-order valence-electron chi connectivity index (χ3n) is 1.50. The van der Waals surface area contributed by atoms with E-state index in [1.165, 1.54) is 0 Å². The molecule has 0 fully saturated rings. The highest BCUT2D eigenvalue weighted by atomic mass is 15.1. The van der Waals surface area contributed by atoms with Crippen molar-refractivity contribution in [3.63, 3.8) is 0 Å². The zero-order valence-electron chi connectivity index (χ0n) is 7.89. The van der Waals surface area contributed by atoms with Crippen molar-refractivity contribution < 1.29 is 0 Å². The van der Waals surface area contributed by atoms with Gasteiger partial charge in [0.1, 0.15) is 0 Å². The van der Waals surface area contributed by atoms with Crippen LogP contribution in [0.4, 0.5) is 0 Å². The molecule has 0 spiro atoms. The van der Waals surface area contributed by atoms with Gasteiger partial charge in [0.05, 0.1) is 0 Å². The Kier molecular flexibility index (Phi) is 3.18. The van der Waals surface area contributed by atoms with Crippen LogP contribution in [0.25, 0.3) is 0 Å². The van der Waals surface area contributed by atoms with Gasteiger partial charge in [-0.25, -0.2) is 0 Å². The molecule has 0 aromatic rings. The average molecular weight is 154 g/mol. The molecule has 0 aliphatic carbocycles. The van der Waals surface area contributed by atoms with Gasteiger partial charge in [-0.15, -0.1) is 0 Å². The summed E-state index contributed by atoms with van der Waals surface area (Å²) >= 11 is 0. The second-order valence-corrected chi connectivity index (χ2v) is 3.68. The molecule has 64 valence electrons. The van der Waals surface area contributed by atoms with Gasteiger partial charge in [-0.3, -0.25) is 0 Å². The topological polar surface area (TPSA) is 29.3 Å². The molecule has 0 aliphatic heterocycles. The third kappa shape index (κ3) is 3.71. The zero-order valence-corrected chi connectivity index (χ0v) is 7.89. The Bertz CT molecular complexity index is 163. The Labute approximate surface area is 69.4 Å². The fraction of sp³-hybridized carbons (Fsp3) is 0.556. The Balaban J connectivity index is 4.33. The van der Waals surface area contributed by atoms with E-state index in [1.807, 2.05) is 18.1 Å². The van der Waals surface area contributed by atoms with E-state index in [2.05, 4.69) is 27.4 Å². The molecule has 2 heteroatoms. The number of hydrogen-bond acceptors (Lipinski definition) is 2. The van der Waals surface area contributed by atoms with Crippen LogP contribution in [0.15, 0.2) is 24.7 Å². The van der Waals surface area contributed by atoms with Gasteiger partial charge in [0.25, 0.3) is 0 Å². The first kappa shape index (κ1) is 10.1. The molecule has 0 saturated heterocycles. The summed E-state index contributed by atoms with van der Waals surface area (Å²) in [4.78, 5) is 1.85. The van der Waals surface area contributed by atoms with Crippen LogP contribution < -0.4 is 5.73 Å². The third-order valence-corrected chi connectivity index (χ3v) is 1.50. The Hall–Kier alpha value is -0.920. The molecule has 0 aliphatic rings. The number of hydrogen-bond donors (Lipinski definition) is 1. The first-order valence-electron chi connectivity index (χ1n) is 3.70. The molecule has 0 unspecified atom stereocenters. The molecule has 0 heterocycles. The number of nitrogens with two attached hydrogens (primary N) is 1. The summed E-state index contributed by atoms with van der Waals surface area (Å²) in [5.74, 6) is 0. The van der Waals surface area contributed by atoms with Crippen LogP contribution in [0.2, 0.25) is 0 Å². The maximum atomic E-state index is 5.80. The van der Waals surface area contributed by atoms with Crippen LogP contribution >= 0.6 is 0 Å². The average Bonchev–Trinajstić information content (AvgIpc) is 1.85. The van der Waals surface area contributed by atoms with Crippen molar-refractivity contribution >= 4 is 0 Å². The fourth-order valence-electron chi connectivity index (χ4n) is 0.466. The number of rotatable bonds is 2. The molecular weight excluding hydrogens is 136 g/mol. The maximum Gasteiger partial charge on any atom is 0.0300 e. The first-order chi connectivity index (χ1) is 4.88. The highest BCUT2D eigenvalue weighted by molar-refractivity contribution is 5.06. The monoisotopic (exact) mass is 154 g/mol. The quantitative estimate of drug-likeness (QED) is 0.658. The summed E-state index contributed by atoms with van der Waals surface area (Å²) < 4.78 is 0. The summed E-state index contributed by atoms with van der Waals surface area (Å²) in [6.45, 7) is 9.86. The van der Waals surface area contributed by atoms with E-state index >= 15 is 0 Å². The first-order valence-corrected chi connectivity index (χ1v) is 3.70. The molecule has 0 bridgehead atoms. The van der Waals surface area contributed by atoms with E-state index in [9.17, 15) is 0 Å². The Morgan fingerprint density at radius 1 is 1.45 bits per heavy atom. The minimum absolute atomic E-state index is 0.0390. The van der Waals surface area contributed by atoms with Crippen molar-refractivity contribution in [2.45, 2.75) is 20.8 Å². The predicted molar refractivity (Wildman–Crippen MR) is 49.7 cm³/mol. The predicted octanol–water partition coefficient (Wildman–Crippen LogP) is 1.91. The van der Waals surface area contributed by atoms with E-state index in [4.69, 9.17) is 5.73 Å². The largest absolute Gasteiger partial charge is 0.400 e. The summed E-state index contributed by atoms with van der Waals surface area (Å²) in [5.41, 5.74) is 6.70. The van der Waals surface area contributed by atoms with E-state index < -0.39 is 0 Å². The molecule has 0 aromatic carbocycles. The normalized spacial score (nSPS) is 12.9. The molecule has 0 saturated carbocycles. The van der Waals surface area contributed by atoms with Crippen molar-refractivity contribution in [2.75, 3.05) is 7.05 Å². The van der Waals surface area contributed by atoms with Crippen LogP contribution in [-0.2, 0) is 0 Å². The van der Waals surface area contributed by atoms with Crippen molar-refractivity contribution in [1.29, 1.82) is 0 Å². The standard InChI is InChI=1S/C9H18N2/c1-6-11(5)7-8(10)9(2,3)4/h6-7H,1,10H2,2-5H3/b8-7-. The van der Waals surface area contributed by atoms with Crippen LogP contribution in [0.3, 0.4) is 0 Å². The lowest BCUT2D eigenvalue weighted by molar-refractivity contribution is 0.477. The molecule has 11 heavy (non-hydrogen) atoms. The van der Waals surface area contributed by atoms with E-state index in [0.29, 0.717) is 0 Å². The van der Waals surface area contributed by atoms with E-state index in [-0.39, 0.29) is 5.41 Å². The van der Waals surface area contributed by atoms with Gasteiger partial charge in [-0.2, -0.15) is 0 Å². The summed E-state index contributed by atoms with van der Waals surface area (Å²) in [7, 11) is 1.91. The fourth-order valence-corrected chi connectivity index (χ4v) is 0.466. The van der Waals surface area contributed by atoms with Gasteiger partial charge in [0.15, 0.2) is 0 Å². The van der Waals surface area contributed by atoms with Gasteiger partial charge < -0.3 is 10.6 Å². The molecule has 2 N–H and O–H groups in total. The second-order valence-electron chi connectivity index (χ2n) is 3.68. The van der Waals surface area contributed by atoms with Crippen LogP contribution in [-0.4, -0.2) is 11.9 Å². The van der Waals surface area contributed by atoms with Gasteiger partial charge >= 0.3 is 0 Å². The zero-order chi connectivity index (χ0) is 9.07. The van der Waals surface area contributed by atoms with Gasteiger partial charge in [0.2, 0.25) is 0 Å². The molecule has 0 aromatic heterocycles.